The zero-order chi connectivity index (χ0) is 13.3. The lowest BCUT2D eigenvalue weighted by molar-refractivity contribution is -0.140. The molecule has 0 aliphatic heterocycles. The number of amides is 1. The fourth-order valence-electron chi connectivity index (χ4n) is 0.382. The second kappa shape index (κ2) is 8.95. The Balaban J connectivity index is 0. The lowest BCUT2D eigenvalue weighted by Gasteiger charge is -1.99. The smallest absolute Gasteiger partial charge is 0.321 e. The molecule has 0 aromatic carbocycles. The number of carboxylic acid groups (broad SMARTS) is 2. The van der Waals surface area contributed by atoms with Crippen molar-refractivity contribution in [2.75, 3.05) is 5.75 Å². The molecule has 0 fully saturated rings. The van der Waals surface area contributed by atoms with E-state index in [0.717, 1.165) is 0 Å². The predicted molar refractivity (Wildman–Crippen MR) is 58.9 cm³/mol. The minimum Gasteiger partial charge on any atom is -0.480 e. The molecule has 0 rings (SSSR count). The van der Waals surface area contributed by atoms with Crippen molar-refractivity contribution in [3.8, 4) is 0 Å². The van der Waals surface area contributed by atoms with Gasteiger partial charge in [-0.1, -0.05) is 0 Å². The molecular weight excluding hydrogens is 238 g/mol. The third-order valence-electron chi connectivity index (χ3n) is 1.25. The highest BCUT2D eigenvalue weighted by atomic mass is 32.1. The van der Waals surface area contributed by atoms with Gasteiger partial charge in [0.05, 0.1) is 6.42 Å². The van der Waals surface area contributed by atoms with Gasteiger partial charge in [0.25, 0.3) is 0 Å². The van der Waals surface area contributed by atoms with Crippen molar-refractivity contribution in [1.82, 2.24) is 0 Å². The Morgan fingerprint density at radius 2 is 1.44 bits per heavy atom. The van der Waals surface area contributed by atoms with E-state index in [0.29, 0.717) is 0 Å². The van der Waals surface area contributed by atoms with Crippen LogP contribution in [0.4, 0.5) is 0 Å². The van der Waals surface area contributed by atoms with Gasteiger partial charge >= 0.3 is 11.9 Å². The summed E-state index contributed by atoms with van der Waals surface area (Å²) in [5, 5.41) is 16.1. The van der Waals surface area contributed by atoms with Crippen LogP contribution in [0.5, 0.6) is 0 Å². The van der Waals surface area contributed by atoms with Gasteiger partial charge in [-0.2, -0.15) is 12.6 Å². The first kappa shape index (κ1) is 17.1. The number of hydrogen-bond donors (Lipinski definition) is 6. The lowest BCUT2D eigenvalue weighted by atomic mass is 10.2. The van der Waals surface area contributed by atoms with Gasteiger partial charge in [0, 0.05) is 5.75 Å². The van der Waals surface area contributed by atoms with Crippen LogP contribution in [0.3, 0.4) is 0 Å². The minimum atomic E-state index is -1.21. The van der Waals surface area contributed by atoms with Gasteiger partial charge in [0.1, 0.15) is 12.1 Å². The molecule has 0 bridgehead atoms. The molecule has 0 aliphatic rings. The van der Waals surface area contributed by atoms with E-state index in [1.54, 1.807) is 0 Å². The molecule has 0 radical (unpaired) electrons. The highest BCUT2D eigenvalue weighted by Gasteiger charge is 2.13. The molecule has 1 amide bonds. The molecular formula is C7H15N3O5S. The van der Waals surface area contributed by atoms with Crippen molar-refractivity contribution in [3.05, 3.63) is 0 Å². The molecule has 2 unspecified atom stereocenters. The first-order valence-corrected chi connectivity index (χ1v) is 4.71. The molecule has 8 N–H and O–H groups in total. The topological polar surface area (TPSA) is 170 Å². The van der Waals surface area contributed by atoms with Gasteiger partial charge < -0.3 is 27.4 Å². The first-order valence-electron chi connectivity index (χ1n) is 4.08. The fourth-order valence-corrected chi connectivity index (χ4v) is 0.538. The molecule has 0 heterocycles. The summed E-state index contributed by atoms with van der Waals surface area (Å²) in [5.74, 6) is -2.73. The summed E-state index contributed by atoms with van der Waals surface area (Å²) in [6.45, 7) is 0. The Bertz CT molecular complexity index is 260. The van der Waals surface area contributed by atoms with Crippen molar-refractivity contribution < 1.29 is 24.6 Å². The van der Waals surface area contributed by atoms with E-state index in [1.165, 1.54) is 0 Å². The normalized spacial score (nSPS) is 12.9. The average Bonchev–Trinajstić information content (AvgIpc) is 2.16. The first-order chi connectivity index (χ1) is 7.22. The number of nitrogens with two attached hydrogens (primary N) is 3. The SMILES string of the molecule is NC(=O)CC(N)C(=O)O.NC(CS)C(=O)O. The van der Waals surface area contributed by atoms with Crippen LogP contribution >= 0.6 is 12.6 Å². The Morgan fingerprint density at radius 3 is 1.50 bits per heavy atom. The van der Waals surface area contributed by atoms with Crippen molar-refractivity contribution in [3.63, 3.8) is 0 Å². The van der Waals surface area contributed by atoms with Crippen molar-refractivity contribution in [1.29, 1.82) is 0 Å². The zero-order valence-electron chi connectivity index (χ0n) is 8.37. The molecule has 2 atom stereocenters. The van der Waals surface area contributed by atoms with E-state index in [9.17, 15) is 14.4 Å². The van der Waals surface area contributed by atoms with Crippen LogP contribution in [-0.2, 0) is 14.4 Å². The zero-order valence-corrected chi connectivity index (χ0v) is 9.26. The molecule has 0 saturated heterocycles. The quantitative estimate of drug-likeness (QED) is 0.296. The molecule has 8 nitrogen and oxygen atoms in total. The highest BCUT2D eigenvalue weighted by Crippen LogP contribution is 1.84. The standard InChI is InChI=1S/C4H8N2O3.C3H7NO2S/c5-2(4(8)9)1-3(6)7;4-2(1-7)3(5)6/h2H,1,5H2,(H2,6,7)(H,8,9);2,7H,1,4H2,(H,5,6). The Hall–Kier alpha value is -1.32. The van der Waals surface area contributed by atoms with Crippen LogP contribution in [0.25, 0.3) is 0 Å². The van der Waals surface area contributed by atoms with E-state index in [1.807, 2.05) is 0 Å². The van der Waals surface area contributed by atoms with Crippen molar-refractivity contribution in [2.24, 2.45) is 17.2 Å². The predicted octanol–water partition coefficient (Wildman–Crippen LogP) is -2.40. The average molecular weight is 253 g/mol. The third-order valence-corrected chi connectivity index (χ3v) is 1.65. The number of carbonyl (C=O) groups excluding carboxylic acids is 1. The molecule has 94 valence electrons. The number of hydrogen-bond acceptors (Lipinski definition) is 6. The van der Waals surface area contributed by atoms with Gasteiger partial charge in [-0.05, 0) is 0 Å². The number of carbonyl (C=O) groups is 3. The molecule has 0 spiro atoms. The van der Waals surface area contributed by atoms with Crippen molar-refractivity contribution in [2.45, 2.75) is 18.5 Å². The monoisotopic (exact) mass is 253 g/mol. The largest absolute Gasteiger partial charge is 0.480 e. The molecule has 0 aromatic rings. The van der Waals surface area contributed by atoms with Crippen LogP contribution < -0.4 is 17.2 Å². The maximum absolute atomic E-state index is 9.99. The second-order valence-corrected chi connectivity index (χ2v) is 3.11. The van der Waals surface area contributed by atoms with Crippen LogP contribution in [0.15, 0.2) is 0 Å². The summed E-state index contributed by atoms with van der Waals surface area (Å²) >= 11 is 3.65. The van der Waals surface area contributed by atoms with Gasteiger partial charge in [-0.3, -0.25) is 14.4 Å². The van der Waals surface area contributed by atoms with Gasteiger partial charge in [-0.25, -0.2) is 0 Å². The summed E-state index contributed by atoms with van der Waals surface area (Å²) in [4.78, 5) is 29.7. The van der Waals surface area contributed by atoms with E-state index in [2.05, 4.69) is 18.4 Å². The minimum absolute atomic E-state index is 0.190. The summed E-state index contributed by atoms with van der Waals surface area (Å²) in [6.07, 6.45) is -0.310. The number of carboxylic acids is 2. The third kappa shape index (κ3) is 10.8. The van der Waals surface area contributed by atoms with Gasteiger partial charge in [-0.15, -0.1) is 0 Å². The van der Waals surface area contributed by atoms with E-state index in [-0.39, 0.29) is 12.2 Å². The van der Waals surface area contributed by atoms with E-state index in [4.69, 9.17) is 21.7 Å². The highest BCUT2D eigenvalue weighted by molar-refractivity contribution is 7.80. The summed E-state index contributed by atoms with van der Waals surface area (Å²) in [7, 11) is 0. The number of aliphatic carboxylic acids is 2. The summed E-state index contributed by atoms with van der Waals surface area (Å²) in [5.41, 5.74) is 14.5. The number of rotatable bonds is 5. The van der Waals surface area contributed by atoms with Crippen LogP contribution in [0.2, 0.25) is 0 Å². The fraction of sp³-hybridized carbons (Fsp3) is 0.571. The van der Waals surface area contributed by atoms with Gasteiger partial charge in [0.2, 0.25) is 5.91 Å². The van der Waals surface area contributed by atoms with Gasteiger partial charge in [0.15, 0.2) is 0 Å². The molecule has 9 heteroatoms. The van der Waals surface area contributed by atoms with Crippen molar-refractivity contribution >= 4 is 30.5 Å². The maximum Gasteiger partial charge on any atom is 0.321 e. The van der Waals surface area contributed by atoms with Crippen LogP contribution in [-0.4, -0.2) is 45.9 Å². The summed E-state index contributed by atoms with van der Waals surface area (Å²) in [6, 6.07) is -1.98. The maximum atomic E-state index is 9.99. The van der Waals surface area contributed by atoms with E-state index >= 15 is 0 Å². The molecule has 0 aromatic heterocycles. The molecule has 16 heavy (non-hydrogen) atoms. The number of thiol groups is 1. The molecule has 0 aliphatic carbocycles. The van der Waals surface area contributed by atoms with Crippen LogP contribution in [0, 0.1) is 0 Å². The Labute approximate surface area is 97.2 Å². The second-order valence-electron chi connectivity index (χ2n) is 2.74. The van der Waals surface area contributed by atoms with E-state index < -0.39 is 29.9 Å². The summed E-state index contributed by atoms with van der Waals surface area (Å²) < 4.78 is 0. The van der Waals surface area contributed by atoms with Crippen LogP contribution in [0.1, 0.15) is 6.42 Å². The lowest BCUT2D eigenvalue weighted by Crippen LogP contribution is -2.34. The molecule has 0 saturated carbocycles. The Morgan fingerprint density at radius 1 is 1.06 bits per heavy atom. The Kier molecular flexibility index (Phi) is 9.55. The number of primary amides is 1.